The molecular weight excluding hydrogens is 501 g/mol. The summed E-state index contributed by atoms with van der Waals surface area (Å²) in [5.41, 5.74) is 11.3. The summed E-state index contributed by atoms with van der Waals surface area (Å²) in [5, 5.41) is 18.6. The Labute approximate surface area is 230 Å². The lowest BCUT2D eigenvalue weighted by atomic mass is 9.88. The second-order valence-corrected chi connectivity index (χ2v) is 9.86. The minimum Gasteiger partial charge on any atom is -0.383 e. The number of nitrogens with two attached hydrogens (primary N) is 1. The summed E-state index contributed by atoms with van der Waals surface area (Å²) < 4.78 is 0. The first-order valence-corrected chi connectivity index (χ1v) is 13.0. The van der Waals surface area contributed by atoms with Crippen LogP contribution in [0, 0.1) is 12.3 Å². The normalized spacial score (nSPS) is 11.6. The Bertz CT molecular complexity index is 1150. The van der Waals surface area contributed by atoms with Crippen molar-refractivity contribution in [3.05, 3.63) is 130 Å². The highest BCUT2D eigenvalue weighted by molar-refractivity contribution is 6.36. The predicted molar refractivity (Wildman–Crippen MR) is 157 cm³/mol. The SMILES string of the molecule is C=C(NCc1c(Cl)cc(C)cc1Cl)C(CCCNC(=N)N)NC(=C)C(c1ccccc1)c1ccccc1. The summed E-state index contributed by atoms with van der Waals surface area (Å²) in [6.07, 6.45) is 1.52. The van der Waals surface area contributed by atoms with Gasteiger partial charge in [-0.1, -0.05) is 97.0 Å². The van der Waals surface area contributed by atoms with E-state index in [1.54, 1.807) is 0 Å². The lowest BCUT2D eigenvalue weighted by molar-refractivity contribution is 0.518. The maximum atomic E-state index is 7.42. The third kappa shape index (κ3) is 8.31. The lowest BCUT2D eigenvalue weighted by Gasteiger charge is -2.29. The molecule has 3 aromatic carbocycles. The van der Waals surface area contributed by atoms with E-state index in [9.17, 15) is 0 Å². The van der Waals surface area contributed by atoms with E-state index in [-0.39, 0.29) is 17.9 Å². The van der Waals surface area contributed by atoms with E-state index in [1.165, 1.54) is 0 Å². The quantitative estimate of drug-likeness (QED) is 0.0985. The number of aryl methyl sites for hydroxylation is 1. The first-order valence-electron chi connectivity index (χ1n) is 12.3. The minimum absolute atomic E-state index is 0.0333. The highest BCUT2D eigenvalue weighted by Gasteiger charge is 2.22. The van der Waals surface area contributed by atoms with E-state index >= 15 is 0 Å². The molecule has 0 saturated heterocycles. The lowest BCUT2D eigenvalue weighted by Crippen LogP contribution is -2.38. The smallest absolute Gasteiger partial charge is 0.185 e. The fraction of sp³-hybridized carbons (Fsp3) is 0.233. The molecule has 0 aromatic heterocycles. The molecule has 1 atom stereocenters. The average molecular weight is 537 g/mol. The number of guanidine groups is 1. The highest BCUT2D eigenvalue weighted by Crippen LogP contribution is 2.31. The topological polar surface area (TPSA) is 86.0 Å². The van der Waals surface area contributed by atoms with Crippen LogP contribution < -0.4 is 21.7 Å². The van der Waals surface area contributed by atoms with Gasteiger partial charge in [0.05, 0.1) is 6.04 Å². The zero-order valence-corrected chi connectivity index (χ0v) is 22.7. The van der Waals surface area contributed by atoms with Gasteiger partial charge in [0.1, 0.15) is 0 Å². The predicted octanol–water partition coefficient (Wildman–Crippen LogP) is 6.47. The van der Waals surface area contributed by atoms with Gasteiger partial charge in [0.15, 0.2) is 5.96 Å². The first kappa shape index (κ1) is 28.2. The van der Waals surface area contributed by atoms with Crippen molar-refractivity contribution < 1.29 is 0 Å². The van der Waals surface area contributed by atoms with E-state index in [4.69, 9.17) is 34.3 Å². The summed E-state index contributed by atoms with van der Waals surface area (Å²) >= 11 is 12.9. The average Bonchev–Trinajstić information content (AvgIpc) is 2.86. The van der Waals surface area contributed by atoms with Gasteiger partial charge in [-0.3, -0.25) is 5.41 Å². The number of nitrogens with one attached hydrogen (secondary N) is 4. The summed E-state index contributed by atoms with van der Waals surface area (Å²) in [5.74, 6) is -0.0724. The van der Waals surface area contributed by atoms with E-state index in [0.29, 0.717) is 23.1 Å². The highest BCUT2D eigenvalue weighted by atomic mass is 35.5. The first-order chi connectivity index (χ1) is 17.8. The van der Waals surface area contributed by atoms with Crippen molar-refractivity contribution in [1.29, 1.82) is 5.41 Å². The molecule has 5 nitrogen and oxygen atoms in total. The van der Waals surface area contributed by atoms with Crippen molar-refractivity contribution in [1.82, 2.24) is 16.0 Å². The molecule has 0 spiro atoms. The summed E-state index contributed by atoms with van der Waals surface area (Å²) in [6, 6.07) is 24.3. The largest absolute Gasteiger partial charge is 0.383 e. The van der Waals surface area contributed by atoms with Crippen molar-refractivity contribution in [2.45, 2.75) is 38.3 Å². The number of hydrogen-bond donors (Lipinski definition) is 5. The number of hydrogen-bond acceptors (Lipinski definition) is 3. The Morgan fingerprint density at radius 3 is 1.95 bits per heavy atom. The Morgan fingerprint density at radius 2 is 1.43 bits per heavy atom. The van der Waals surface area contributed by atoms with Gasteiger partial charge in [-0.25, -0.2) is 0 Å². The fourth-order valence-corrected chi connectivity index (χ4v) is 5.01. The number of halogens is 2. The molecule has 0 aliphatic heterocycles. The molecule has 194 valence electrons. The minimum atomic E-state index is -0.126. The molecule has 0 amide bonds. The second-order valence-electron chi connectivity index (χ2n) is 9.05. The van der Waals surface area contributed by atoms with E-state index in [0.717, 1.165) is 46.5 Å². The standard InChI is InChI=1S/C30H35Cl2N5/c1-20-17-26(31)25(27(32)18-20)19-36-21(2)28(15-10-16-35-30(33)34)37-22(3)29(23-11-6-4-7-12-23)24-13-8-5-9-14-24/h4-9,11-14,17-18,28-29,36-37H,2-3,10,15-16,19H2,1H3,(H4,33,34,35). The van der Waals surface area contributed by atoms with Gasteiger partial charge in [0.25, 0.3) is 0 Å². The maximum absolute atomic E-state index is 7.42. The van der Waals surface area contributed by atoms with Gasteiger partial charge < -0.3 is 21.7 Å². The monoisotopic (exact) mass is 535 g/mol. The van der Waals surface area contributed by atoms with Crippen LogP contribution in [0.2, 0.25) is 10.0 Å². The Kier molecular flexibility index (Phi) is 10.5. The maximum Gasteiger partial charge on any atom is 0.185 e. The third-order valence-electron chi connectivity index (χ3n) is 6.16. The van der Waals surface area contributed by atoms with Crippen molar-refractivity contribution >= 4 is 29.2 Å². The number of benzene rings is 3. The summed E-state index contributed by atoms with van der Waals surface area (Å²) in [6.45, 7) is 11.8. The van der Waals surface area contributed by atoms with Crippen LogP contribution in [0.3, 0.4) is 0 Å². The van der Waals surface area contributed by atoms with Gasteiger partial charge >= 0.3 is 0 Å². The van der Waals surface area contributed by atoms with Crippen molar-refractivity contribution in [2.24, 2.45) is 5.73 Å². The van der Waals surface area contributed by atoms with E-state index in [2.05, 4.69) is 53.4 Å². The Balaban J connectivity index is 1.79. The molecule has 0 radical (unpaired) electrons. The molecule has 0 saturated carbocycles. The van der Waals surface area contributed by atoms with Crippen LogP contribution in [0.25, 0.3) is 0 Å². The van der Waals surface area contributed by atoms with Gasteiger partial charge in [-0.2, -0.15) is 0 Å². The molecule has 0 bridgehead atoms. The fourth-order valence-electron chi connectivity index (χ4n) is 4.28. The molecular formula is C30H35Cl2N5. The summed E-state index contributed by atoms with van der Waals surface area (Å²) in [4.78, 5) is 0. The molecule has 0 aliphatic rings. The second kappa shape index (κ2) is 13.8. The van der Waals surface area contributed by atoms with Crippen LogP contribution in [0.15, 0.2) is 97.3 Å². The molecule has 3 rings (SSSR count). The van der Waals surface area contributed by atoms with Crippen LogP contribution in [0.4, 0.5) is 0 Å². The Hall–Kier alpha value is -3.41. The Morgan fingerprint density at radius 1 is 0.892 bits per heavy atom. The molecule has 3 aromatic rings. The van der Waals surface area contributed by atoms with Crippen LogP contribution in [0.5, 0.6) is 0 Å². The zero-order chi connectivity index (χ0) is 26.8. The number of rotatable bonds is 13. The molecule has 0 aliphatic carbocycles. The van der Waals surface area contributed by atoms with Gasteiger partial charge in [0, 0.05) is 46.0 Å². The van der Waals surface area contributed by atoms with Crippen LogP contribution in [0.1, 0.15) is 41.0 Å². The molecule has 7 heteroatoms. The molecule has 37 heavy (non-hydrogen) atoms. The number of allylic oxidation sites excluding steroid dienone is 1. The van der Waals surface area contributed by atoms with Crippen molar-refractivity contribution in [3.8, 4) is 0 Å². The van der Waals surface area contributed by atoms with Crippen LogP contribution >= 0.6 is 23.2 Å². The van der Waals surface area contributed by atoms with Crippen LogP contribution in [-0.4, -0.2) is 18.5 Å². The van der Waals surface area contributed by atoms with E-state index in [1.807, 2.05) is 55.5 Å². The molecule has 1 unspecified atom stereocenters. The molecule has 6 N–H and O–H groups in total. The van der Waals surface area contributed by atoms with Gasteiger partial charge in [0.2, 0.25) is 0 Å². The molecule has 0 fully saturated rings. The van der Waals surface area contributed by atoms with Crippen LogP contribution in [-0.2, 0) is 6.54 Å². The third-order valence-corrected chi connectivity index (χ3v) is 6.83. The zero-order valence-electron chi connectivity index (χ0n) is 21.2. The summed E-state index contributed by atoms with van der Waals surface area (Å²) in [7, 11) is 0. The van der Waals surface area contributed by atoms with Gasteiger partial charge in [-0.15, -0.1) is 0 Å². The van der Waals surface area contributed by atoms with Crippen molar-refractivity contribution in [3.63, 3.8) is 0 Å². The van der Waals surface area contributed by atoms with Gasteiger partial charge in [-0.05, 0) is 48.6 Å². The van der Waals surface area contributed by atoms with Crippen molar-refractivity contribution in [2.75, 3.05) is 6.54 Å². The van der Waals surface area contributed by atoms with E-state index < -0.39 is 0 Å². The molecule has 0 heterocycles.